The summed E-state index contributed by atoms with van der Waals surface area (Å²) in [6, 6.07) is 4.37. The van der Waals surface area contributed by atoms with Crippen molar-refractivity contribution in [2.45, 2.75) is 6.18 Å². The van der Waals surface area contributed by atoms with Gasteiger partial charge in [0.1, 0.15) is 5.75 Å². The van der Waals surface area contributed by atoms with Crippen molar-refractivity contribution in [3.8, 4) is 5.75 Å². The number of carbonyl (C=O) groups excluding carboxylic acids is 1. The van der Waals surface area contributed by atoms with Crippen LogP contribution < -0.4 is 10.1 Å². The summed E-state index contributed by atoms with van der Waals surface area (Å²) in [7, 11) is 1.36. The predicted octanol–water partition coefficient (Wildman–Crippen LogP) is 3.34. The van der Waals surface area contributed by atoms with Crippen LogP contribution in [-0.2, 0) is 6.18 Å². The molecule has 1 aromatic heterocycles. The number of methoxy groups -OCH3 is 1. The third-order valence-electron chi connectivity index (χ3n) is 2.58. The number of halogens is 4. The van der Waals surface area contributed by atoms with Crippen LogP contribution in [0.4, 0.5) is 18.9 Å². The Morgan fingerprint density at radius 1 is 1.43 bits per heavy atom. The zero-order valence-corrected chi connectivity index (χ0v) is 11.3. The molecule has 5 nitrogen and oxygen atoms in total. The number of nitrogens with zero attached hydrogens (tertiary/aromatic N) is 1. The van der Waals surface area contributed by atoms with Crippen molar-refractivity contribution in [2.24, 2.45) is 0 Å². The zero-order chi connectivity index (χ0) is 15.6. The predicted molar refractivity (Wildman–Crippen MR) is 69.5 cm³/mol. The van der Waals surface area contributed by atoms with Gasteiger partial charge in [0.2, 0.25) is 0 Å². The van der Waals surface area contributed by atoms with Crippen LogP contribution in [0.2, 0.25) is 5.02 Å². The number of hydrogen-bond donors (Lipinski definition) is 2. The number of anilines is 1. The average molecular weight is 320 g/mol. The summed E-state index contributed by atoms with van der Waals surface area (Å²) in [6.45, 7) is 0. The molecule has 1 amide bonds. The summed E-state index contributed by atoms with van der Waals surface area (Å²) in [4.78, 5) is 12.0. The highest BCUT2D eigenvalue weighted by Gasteiger charge is 2.37. The molecule has 1 heterocycles. The molecule has 0 aliphatic rings. The van der Waals surface area contributed by atoms with Gasteiger partial charge < -0.3 is 10.1 Å². The van der Waals surface area contributed by atoms with Crippen LogP contribution in [0.3, 0.4) is 0 Å². The molecule has 0 aliphatic heterocycles. The third-order valence-corrected chi connectivity index (χ3v) is 2.81. The van der Waals surface area contributed by atoms with Gasteiger partial charge >= 0.3 is 6.18 Å². The van der Waals surface area contributed by atoms with Crippen molar-refractivity contribution >= 4 is 23.2 Å². The second-order valence-electron chi connectivity index (χ2n) is 3.96. The second kappa shape index (κ2) is 5.65. The lowest BCUT2D eigenvalue weighted by Gasteiger charge is -2.11. The fraction of sp³-hybridized carbons (Fsp3) is 0.167. The van der Waals surface area contributed by atoms with E-state index in [1.165, 1.54) is 25.3 Å². The van der Waals surface area contributed by atoms with Crippen molar-refractivity contribution in [2.75, 3.05) is 12.4 Å². The SMILES string of the molecule is COc1ccc(Cl)cc1NC(=O)c1cn[nH]c1C(F)(F)F. The first kappa shape index (κ1) is 15.2. The van der Waals surface area contributed by atoms with E-state index in [0.29, 0.717) is 5.02 Å². The van der Waals surface area contributed by atoms with Crippen molar-refractivity contribution in [3.05, 3.63) is 40.7 Å². The van der Waals surface area contributed by atoms with Gasteiger partial charge in [-0.1, -0.05) is 11.6 Å². The number of amides is 1. The van der Waals surface area contributed by atoms with Crippen LogP contribution in [0, 0.1) is 0 Å². The second-order valence-corrected chi connectivity index (χ2v) is 4.39. The highest BCUT2D eigenvalue weighted by molar-refractivity contribution is 6.31. The average Bonchev–Trinajstić information content (AvgIpc) is 2.88. The number of aromatic nitrogens is 2. The first-order valence-corrected chi connectivity index (χ1v) is 5.96. The Labute approximate surface area is 122 Å². The minimum Gasteiger partial charge on any atom is -0.495 e. The molecule has 0 saturated heterocycles. The normalized spacial score (nSPS) is 11.3. The van der Waals surface area contributed by atoms with Crippen LogP contribution in [0.1, 0.15) is 16.1 Å². The molecule has 0 radical (unpaired) electrons. The van der Waals surface area contributed by atoms with E-state index in [4.69, 9.17) is 16.3 Å². The first-order chi connectivity index (χ1) is 9.82. The molecule has 0 unspecified atom stereocenters. The smallest absolute Gasteiger partial charge is 0.433 e. The Morgan fingerprint density at radius 2 is 2.14 bits per heavy atom. The van der Waals surface area contributed by atoms with Crippen LogP contribution in [0.25, 0.3) is 0 Å². The van der Waals surface area contributed by atoms with E-state index >= 15 is 0 Å². The van der Waals surface area contributed by atoms with Gasteiger partial charge in [-0.3, -0.25) is 9.89 Å². The number of carbonyl (C=O) groups is 1. The van der Waals surface area contributed by atoms with Gasteiger partial charge in [0.05, 0.1) is 24.6 Å². The van der Waals surface area contributed by atoms with Crippen molar-refractivity contribution in [1.29, 1.82) is 0 Å². The minimum atomic E-state index is -4.71. The fourth-order valence-electron chi connectivity index (χ4n) is 1.64. The van der Waals surface area contributed by atoms with Crippen molar-refractivity contribution in [1.82, 2.24) is 10.2 Å². The molecule has 2 aromatic rings. The Morgan fingerprint density at radius 3 is 2.76 bits per heavy atom. The molecular weight excluding hydrogens is 311 g/mol. The highest BCUT2D eigenvalue weighted by atomic mass is 35.5. The molecule has 2 rings (SSSR count). The van der Waals surface area contributed by atoms with Gasteiger partial charge in [-0.15, -0.1) is 0 Å². The molecule has 0 atom stereocenters. The number of alkyl halides is 3. The number of aromatic amines is 1. The Hall–Kier alpha value is -2.22. The van der Waals surface area contributed by atoms with Crippen LogP contribution in [0.15, 0.2) is 24.4 Å². The Balaban J connectivity index is 2.31. The quantitative estimate of drug-likeness (QED) is 0.911. The van der Waals surface area contributed by atoms with Gasteiger partial charge in [-0.05, 0) is 18.2 Å². The summed E-state index contributed by atoms with van der Waals surface area (Å²) >= 11 is 5.78. The Bertz CT molecular complexity index is 670. The van der Waals surface area contributed by atoms with E-state index < -0.39 is 23.3 Å². The molecule has 9 heteroatoms. The number of hydrogen-bond acceptors (Lipinski definition) is 3. The highest BCUT2D eigenvalue weighted by Crippen LogP contribution is 2.32. The summed E-state index contributed by atoms with van der Waals surface area (Å²) < 4.78 is 43.1. The third kappa shape index (κ3) is 3.27. The van der Waals surface area contributed by atoms with Crippen LogP contribution in [-0.4, -0.2) is 23.2 Å². The summed E-state index contributed by atoms with van der Waals surface area (Å²) in [5, 5.41) is 7.62. The topological polar surface area (TPSA) is 67.0 Å². The standard InChI is InChI=1S/C12H9ClF3N3O2/c1-21-9-3-2-6(13)4-8(9)18-11(20)7-5-17-19-10(7)12(14,15)16/h2-5H,1H3,(H,17,19)(H,18,20). The maximum absolute atomic E-state index is 12.7. The van der Waals surface area contributed by atoms with Crippen molar-refractivity contribution in [3.63, 3.8) is 0 Å². The largest absolute Gasteiger partial charge is 0.495 e. The zero-order valence-electron chi connectivity index (χ0n) is 10.6. The van der Waals surface area contributed by atoms with Crippen molar-refractivity contribution < 1.29 is 22.7 Å². The summed E-state index contributed by atoms with van der Waals surface area (Å²) in [6.07, 6.45) is -3.91. The molecule has 2 N–H and O–H groups in total. The molecule has 0 fully saturated rings. The number of rotatable bonds is 3. The minimum absolute atomic E-state index is 0.157. The molecular formula is C12H9ClF3N3O2. The molecule has 1 aromatic carbocycles. The summed E-state index contributed by atoms with van der Waals surface area (Å²) in [5.74, 6) is -0.707. The van der Waals surface area contributed by atoms with Gasteiger partial charge in [-0.2, -0.15) is 18.3 Å². The van der Waals surface area contributed by atoms with Gasteiger partial charge in [0.15, 0.2) is 5.69 Å². The van der Waals surface area contributed by atoms with E-state index in [1.54, 1.807) is 5.10 Å². The van der Waals surface area contributed by atoms with Gasteiger partial charge in [0.25, 0.3) is 5.91 Å². The first-order valence-electron chi connectivity index (χ1n) is 5.58. The molecule has 0 spiro atoms. The molecule has 0 aliphatic carbocycles. The lowest BCUT2D eigenvalue weighted by molar-refractivity contribution is -0.141. The summed E-state index contributed by atoms with van der Waals surface area (Å²) in [5.41, 5.74) is -1.69. The number of benzene rings is 1. The fourth-order valence-corrected chi connectivity index (χ4v) is 1.81. The molecule has 0 saturated carbocycles. The van der Waals surface area contributed by atoms with Crippen LogP contribution >= 0.6 is 11.6 Å². The van der Waals surface area contributed by atoms with E-state index in [1.807, 2.05) is 0 Å². The number of nitrogens with one attached hydrogen (secondary N) is 2. The lowest BCUT2D eigenvalue weighted by atomic mass is 10.2. The maximum atomic E-state index is 12.7. The lowest BCUT2D eigenvalue weighted by Crippen LogP contribution is -2.18. The van der Waals surface area contributed by atoms with Gasteiger partial charge in [0, 0.05) is 5.02 Å². The monoisotopic (exact) mass is 319 g/mol. The number of ether oxygens (including phenoxy) is 1. The van der Waals surface area contributed by atoms with Gasteiger partial charge in [-0.25, -0.2) is 0 Å². The van der Waals surface area contributed by atoms with E-state index in [-0.39, 0.29) is 11.4 Å². The molecule has 112 valence electrons. The van der Waals surface area contributed by atoms with E-state index in [2.05, 4.69) is 10.4 Å². The molecule has 21 heavy (non-hydrogen) atoms. The van der Waals surface area contributed by atoms with E-state index in [9.17, 15) is 18.0 Å². The maximum Gasteiger partial charge on any atom is 0.433 e. The van der Waals surface area contributed by atoms with Crippen LogP contribution in [0.5, 0.6) is 5.75 Å². The van der Waals surface area contributed by atoms with E-state index in [0.717, 1.165) is 6.20 Å². The number of H-pyrrole nitrogens is 1. The molecule has 0 bridgehead atoms. The Kier molecular flexibility index (Phi) is 4.08.